The second kappa shape index (κ2) is 3.08. The summed E-state index contributed by atoms with van der Waals surface area (Å²) in [5.74, 6) is 0. The molecule has 0 radical (unpaired) electrons. The lowest BCUT2D eigenvalue weighted by atomic mass is 10.0. The van der Waals surface area contributed by atoms with Crippen molar-refractivity contribution in [3.05, 3.63) is 35.4 Å². The number of likely N-dealkylation sites (N-methyl/N-ethyl adjacent to an activating group) is 1. The molecule has 0 bridgehead atoms. The average Bonchev–Trinajstić information content (AvgIpc) is 2.12. The van der Waals surface area contributed by atoms with Crippen molar-refractivity contribution in [1.82, 2.24) is 4.90 Å². The van der Waals surface area contributed by atoms with Crippen LogP contribution in [0.2, 0.25) is 0 Å². The number of nitrogens with zero attached hydrogens (tertiary/aromatic N) is 1. The highest BCUT2D eigenvalue weighted by Crippen LogP contribution is 2.30. The number of hydrogen-bond acceptors (Lipinski definition) is 1. The molecular formula is C10H12ClN. The molecule has 0 N–H and O–H groups in total. The van der Waals surface area contributed by atoms with Gasteiger partial charge in [-0.05, 0) is 24.6 Å². The molecule has 1 aromatic carbocycles. The molecule has 2 heteroatoms. The molecule has 0 amide bonds. The summed E-state index contributed by atoms with van der Waals surface area (Å²) in [4.78, 5) is 2.17. The van der Waals surface area contributed by atoms with Gasteiger partial charge in [-0.2, -0.15) is 0 Å². The first-order valence-corrected chi connectivity index (χ1v) is 4.65. The Labute approximate surface area is 77.9 Å². The highest BCUT2D eigenvalue weighted by molar-refractivity contribution is 6.20. The van der Waals surface area contributed by atoms with Gasteiger partial charge in [0, 0.05) is 6.54 Å². The monoisotopic (exact) mass is 181 g/mol. The average molecular weight is 182 g/mol. The van der Waals surface area contributed by atoms with Crippen molar-refractivity contribution in [2.45, 2.75) is 11.9 Å². The van der Waals surface area contributed by atoms with E-state index in [1.165, 1.54) is 11.1 Å². The lowest BCUT2D eigenvalue weighted by Gasteiger charge is -2.29. The summed E-state index contributed by atoms with van der Waals surface area (Å²) in [6, 6.07) is 8.40. The molecule has 0 aromatic heterocycles. The highest BCUT2D eigenvalue weighted by atomic mass is 35.5. The number of hydrogen-bond donors (Lipinski definition) is 0. The predicted molar refractivity (Wildman–Crippen MR) is 51.4 cm³/mol. The van der Waals surface area contributed by atoms with Gasteiger partial charge in [0.15, 0.2) is 0 Å². The Morgan fingerprint density at radius 1 is 1.42 bits per heavy atom. The van der Waals surface area contributed by atoms with Crippen LogP contribution >= 0.6 is 11.6 Å². The van der Waals surface area contributed by atoms with Crippen molar-refractivity contribution in [3.8, 4) is 0 Å². The van der Waals surface area contributed by atoms with Crippen LogP contribution in [0.3, 0.4) is 0 Å². The highest BCUT2D eigenvalue weighted by Gasteiger charge is 2.21. The van der Waals surface area contributed by atoms with Crippen molar-refractivity contribution in [2.75, 3.05) is 13.6 Å². The standard InChI is InChI=1S/C10H12ClN/c1-12-7-6-8-4-2-3-5-9(8)10(12)11/h2-5,10H,6-7H2,1H3. The van der Waals surface area contributed by atoms with E-state index in [1.807, 2.05) is 6.07 Å². The van der Waals surface area contributed by atoms with Gasteiger partial charge >= 0.3 is 0 Å². The van der Waals surface area contributed by atoms with E-state index in [-0.39, 0.29) is 5.50 Å². The molecule has 12 heavy (non-hydrogen) atoms. The Balaban J connectivity index is 2.42. The van der Waals surface area contributed by atoms with Crippen LogP contribution < -0.4 is 0 Å². The first-order chi connectivity index (χ1) is 5.79. The summed E-state index contributed by atoms with van der Waals surface area (Å²) in [5.41, 5.74) is 2.73. The van der Waals surface area contributed by atoms with Crippen molar-refractivity contribution >= 4 is 11.6 Å². The fourth-order valence-electron chi connectivity index (χ4n) is 1.64. The summed E-state index contributed by atoms with van der Waals surface area (Å²) in [6.07, 6.45) is 1.12. The number of halogens is 1. The maximum absolute atomic E-state index is 6.22. The summed E-state index contributed by atoms with van der Waals surface area (Å²) < 4.78 is 0. The Kier molecular flexibility index (Phi) is 2.07. The third kappa shape index (κ3) is 1.23. The smallest absolute Gasteiger partial charge is 0.111 e. The molecule has 2 rings (SSSR count). The van der Waals surface area contributed by atoms with Crippen LogP contribution in [-0.4, -0.2) is 18.5 Å². The summed E-state index contributed by atoms with van der Waals surface area (Å²) in [6.45, 7) is 1.06. The second-order valence-corrected chi connectivity index (χ2v) is 3.68. The van der Waals surface area contributed by atoms with Gasteiger partial charge in [0.05, 0.1) is 0 Å². The van der Waals surface area contributed by atoms with E-state index in [4.69, 9.17) is 11.6 Å². The van der Waals surface area contributed by atoms with E-state index in [1.54, 1.807) is 0 Å². The first kappa shape index (κ1) is 8.09. The quantitative estimate of drug-likeness (QED) is 0.439. The minimum absolute atomic E-state index is 0.0648. The molecule has 1 heterocycles. The van der Waals surface area contributed by atoms with Crippen molar-refractivity contribution in [3.63, 3.8) is 0 Å². The molecular weight excluding hydrogens is 170 g/mol. The molecule has 1 atom stereocenters. The maximum atomic E-state index is 6.22. The number of rotatable bonds is 0. The van der Waals surface area contributed by atoms with Crippen LogP contribution in [0.1, 0.15) is 16.6 Å². The minimum atomic E-state index is 0.0648. The largest absolute Gasteiger partial charge is 0.286 e. The van der Waals surface area contributed by atoms with Gasteiger partial charge in [0.1, 0.15) is 5.50 Å². The van der Waals surface area contributed by atoms with Crippen LogP contribution in [0, 0.1) is 0 Å². The van der Waals surface area contributed by atoms with E-state index < -0.39 is 0 Å². The Hall–Kier alpha value is -0.530. The van der Waals surface area contributed by atoms with E-state index in [0.717, 1.165) is 13.0 Å². The van der Waals surface area contributed by atoms with E-state index in [2.05, 4.69) is 30.1 Å². The Bertz CT molecular complexity index is 285. The third-order valence-electron chi connectivity index (χ3n) is 2.43. The molecule has 0 saturated heterocycles. The number of benzene rings is 1. The van der Waals surface area contributed by atoms with Gasteiger partial charge < -0.3 is 0 Å². The molecule has 1 aromatic rings. The lowest BCUT2D eigenvalue weighted by molar-refractivity contribution is 0.298. The minimum Gasteiger partial charge on any atom is -0.286 e. The molecule has 64 valence electrons. The second-order valence-electron chi connectivity index (χ2n) is 3.27. The van der Waals surface area contributed by atoms with E-state index in [0.29, 0.717) is 0 Å². The SMILES string of the molecule is CN1CCc2ccccc2C1Cl. The fourth-order valence-corrected chi connectivity index (χ4v) is 1.95. The summed E-state index contributed by atoms with van der Waals surface area (Å²) in [5, 5.41) is 0. The first-order valence-electron chi connectivity index (χ1n) is 4.21. The zero-order valence-corrected chi connectivity index (χ0v) is 7.88. The van der Waals surface area contributed by atoms with Gasteiger partial charge in [-0.1, -0.05) is 24.3 Å². The van der Waals surface area contributed by atoms with Gasteiger partial charge in [0.2, 0.25) is 0 Å². The maximum Gasteiger partial charge on any atom is 0.111 e. The van der Waals surface area contributed by atoms with Crippen LogP contribution in [0.5, 0.6) is 0 Å². The molecule has 1 nitrogen and oxygen atoms in total. The van der Waals surface area contributed by atoms with Crippen LogP contribution in [0.15, 0.2) is 24.3 Å². The summed E-state index contributed by atoms with van der Waals surface area (Å²) >= 11 is 6.22. The van der Waals surface area contributed by atoms with Crippen molar-refractivity contribution in [2.24, 2.45) is 0 Å². The molecule has 1 unspecified atom stereocenters. The molecule has 0 saturated carbocycles. The van der Waals surface area contributed by atoms with Crippen LogP contribution in [0.25, 0.3) is 0 Å². The van der Waals surface area contributed by atoms with Gasteiger partial charge in [0.25, 0.3) is 0 Å². The zero-order valence-electron chi connectivity index (χ0n) is 7.13. The normalized spacial score (nSPS) is 23.7. The lowest BCUT2D eigenvalue weighted by Crippen LogP contribution is -2.28. The van der Waals surface area contributed by atoms with Crippen molar-refractivity contribution in [1.29, 1.82) is 0 Å². The third-order valence-corrected chi connectivity index (χ3v) is 3.00. The van der Waals surface area contributed by atoms with Crippen LogP contribution in [0.4, 0.5) is 0 Å². The topological polar surface area (TPSA) is 3.24 Å². The number of fused-ring (bicyclic) bond motifs is 1. The Morgan fingerprint density at radius 2 is 2.17 bits per heavy atom. The van der Waals surface area contributed by atoms with Gasteiger partial charge in [-0.25, -0.2) is 0 Å². The zero-order chi connectivity index (χ0) is 8.55. The molecule has 1 aliphatic heterocycles. The molecule has 0 spiro atoms. The number of alkyl halides is 1. The summed E-state index contributed by atoms with van der Waals surface area (Å²) in [7, 11) is 2.06. The van der Waals surface area contributed by atoms with Crippen LogP contribution in [-0.2, 0) is 6.42 Å². The van der Waals surface area contributed by atoms with E-state index >= 15 is 0 Å². The van der Waals surface area contributed by atoms with E-state index in [9.17, 15) is 0 Å². The van der Waals surface area contributed by atoms with Crippen molar-refractivity contribution < 1.29 is 0 Å². The Morgan fingerprint density at radius 3 is 3.00 bits per heavy atom. The van der Waals surface area contributed by atoms with Gasteiger partial charge in [-0.3, -0.25) is 4.90 Å². The van der Waals surface area contributed by atoms with Gasteiger partial charge in [-0.15, -0.1) is 11.6 Å². The fraction of sp³-hybridized carbons (Fsp3) is 0.400. The molecule has 1 aliphatic rings. The molecule has 0 aliphatic carbocycles. The predicted octanol–water partition coefficient (Wildman–Crippen LogP) is 2.41. The molecule has 0 fully saturated rings.